The molecule has 1 saturated carbocycles. The fourth-order valence-electron chi connectivity index (χ4n) is 2.80. The standard InChI is InChI=1S/C21H25N3O3/c1-14-7-8-16(20(26)22-17-9-10-17)12-19(14)24-21(27)23-18(13-25)11-15-5-3-2-4-6-15/h2-8,12,17-18,25H,9-11,13H2,1H3,(H,22,26)(H2,23,24,27). The van der Waals surface area contributed by atoms with Crippen molar-refractivity contribution in [2.45, 2.75) is 38.3 Å². The van der Waals surface area contributed by atoms with Crippen LogP contribution in [0.25, 0.3) is 0 Å². The highest BCUT2D eigenvalue weighted by atomic mass is 16.3. The summed E-state index contributed by atoms with van der Waals surface area (Å²) in [5.74, 6) is -0.127. The second kappa shape index (κ2) is 8.68. The van der Waals surface area contributed by atoms with E-state index in [0.29, 0.717) is 17.7 Å². The molecule has 2 aromatic carbocycles. The molecule has 0 spiro atoms. The average molecular weight is 367 g/mol. The molecule has 2 aromatic rings. The van der Waals surface area contributed by atoms with Gasteiger partial charge in [-0.1, -0.05) is 36.4 Å². The van der Waals surface area contributed by atoms with Gasteiger partial charge in [-0.2, -0.15) is 0 Å². The lowest BCUT2D eigenvalue weighted by Crippen LogP contribution is -2.41. The smallest absolute Gasteiger partial charge is 0.319 e. The lowest BCUT2D eigenvalue weighted by atomic mass is 10.1. The van der Waals surface area contributed by atoms with Crippen LogP contribution >= 0.6 is 0 Å². The Morgan fingerprint density at radius 3 is 2.56 bits per heavy atom. The van der Waals surface area contributed by atoms with Gasteiger partial charge in [0.15, 0.2) is 0 Å². The van der Waals surface area contributed by atoms with Crippen LogP contribution in [0.5, 0.6) is 0 Å². The maximum atomic E-state index is 12.4. The van der Waals surface area contributed by atoms with Crippen LogP contribution in [0.15, 0.2) is 48.5 Å². The van der Waals surface area contributed by atoms with Crippen LogP contribution < -0.4 is 16.0 Å². The number of aliphatic hydroxyl groups excluding tert-OH is 1. The summed E-state index contributed by atoms with van der Waals surface area (Å²) in [5, 5.41) is 18.1. The molecule has 27 heavy (non-hydrogen) atoms. The zero-order valence-corrected chi connectivity index (χ0v) is 15.4. The number of rotatable bonds is 7. The van der Waals surface area contributed by atoms with Crippen molar-refractivity contribution < 1.29 is 14.7 Å². The lowest BCUT2D eigenvalue weighted by molar-refractivity contribution is 0.0951. The average Bonchev–Trinajstić information content (AvgIpc) is 3.47. The number of anilines is 1. The second-order valence-corrected chi connectivity index (χ2v) is 6.95. The first-order valence-corrected chi connectivity index (χ1v) is 9.19. The molecule has 1 fully saturated rings. The Morgan fingerprint density at radius 2 is 1.89 bits per heavy atom. The molecule has 6 nitrogen and oxygen atoms in total. The Bertz CT molecular complexity index is 804. The van der Waals surface area contributed by atoms with E-state index >= 15 is 0 Å². The molecule has 1 unspecified atom stereocenters. The molecular weight excluding hydrogens is 342 g/mol. The van der Waals surface area contributed by atoms with Gasteiger partial charge < -0.3 is 21.1 Å². The fourth-order valence-corrected chi connectivity index (χ4v) is 2.80. The Kier molecular flexibility index (Phi) is 6.08. The largest absolute Gasteiger partial charge is 0.394 e. The number of hydrogen-bond donors (Lipinski definition) is 4. The second-order valence-electron chi connectivity index (χ2n) is 6.95. The minimum absolute atomic E-state index is 0.127. The molecule has 3 rings (SSSR count). The summed E-state index contributed by atoms with van der Waals surface area (Å²) in [6.07, 6.45) is 2.58. The van der Waals surface area contributed by atoms with Crippen LogP contribution in [0.2, 0.25) is 0 Å². The first-order chi connectivity index (χ1) is 13.0. The van der Waals surface area contributed by atoms with Crippen molar-refractivity contribution in [2.24, 2.45) is 0 Å². The van der Waals surface area contributed by atoms with Gasteiger partial charge in [-0.15, -0.1) is 0 Å². The van der Waals surface area contributed by atoms with Gasteiger partial charge in [0.25, 0.3) is 5.91 Å². The van der Waals surface area contributed by atoms with Gasteiger partial charge >= 0.3 is 6.03 Å². The van der Waals surface area contributed by atoms with Gasteiger partial charge in [0.2, 0.25) is 0 Å². The molecule has 3 amide bonds. The van der Waals surface area contributed by atoms with Crippen LogP contribution in [-0.4, -0.2) is 35.7 Å². The number of benzene rings is 2. The number of urea groups is 1. The van der Waals surface area contributed by atoms with Gasteiger partial charge in [-0.3, -0.25) is 4.79 Å². The number of carbonyl (C=O) groups excluding carboxylic acids is 2. The van der Waals surface area contributed by atoms with E-state index in [9.17, 15) is 14.7 Å². The predicted molar refractivity (Wildman–Crippen MR) is 105 cm³/mol. The van der Waals surface area contributed by atoms with Gasteiger partial charge in [-0.05, 0) is 49.4 Å². The Balaban J connectivity index is 1.61. The number of amides is 3. The lowest BCUT2D eigenvalue weighted by Gasteiger charge is -2.18. The first-order valence-electron chi connectivity index (χ1n) is 9.19. The van der Waals surface area contributed by atoms with Gasteiger partial charge in [0, 0.05) is 17.3 Å². The van der Waals surface area contributed by atoms with Crippen molar-refractivity contribution >= 4 is 17.6 Å². The molecule has 0 bridgehead atoms. The normalized spacial score (nSPS) is 14.3. The molecule has 0 aliphatic heterocycles. The van der Waals surface area contributed by atoms with Crippen LogP contribution in [0.1, 0.15) is 34.3 Å². The molecule has 1 aliphatic rings. The quantitative estimate of drug-likeness (QED) is 0.606. The highest BCUT2D eigenvalue weighted by Crippen LogP contribution is 2.21. The van der Waals surface area contributed by atoms with Crippen molar-refractivity contribution in [1.29, 1.82) is 0 Å². The third-order valence-electron chi connectivity index (χ3n) is 4.54. The highest BCUT2D eigenvalue weighted by Gasteiger charge is 2.24. The summed E-state index contributed by atoms with van der Waals surface area (Å²) >= 11 is 0. The molecule has 142 valence electrons. The summed E-state index contributed by atoms with van der Waals surface area (Å²) in [5.41, 5.74) is 2.99. The third kappa shape index (κ3) is 5.56. The minimum Gasteiger partial charge on any atom is -0.394 e. The molecule has 1 atom stereocenters. The number of aryl methyl sites for hydroxylation is 1. The molecule has 1 aliphatic carbocycles. The van der Waals surface area contributed by atoms with Crippen molar-refractivity contribution in [2.75, 3.05) is 11.9 Å². The van der Waals surface area contributed by atoms with Crippen LogP contribution in [0.4, 0.5) is 10.5 Å². The Hall–Kier alpha value is -2.86. The van der Waals surface area contributed by atoms with Crippen LogP contribution in [0, 0.1) is 6.92 Å². The van der Waals surface area contributed by atoms with Crippen LogP contribution in [-0.2, 0) is 6.42 Å². The molecule has 0 radical (unpaired) electrons. The van der Waals surface area contributed by atoms with E-state index in [2.05, 4.69) is 16.0 Å². The van der Waals surface area contributed by atoms with Crippen molar-refractivity contribution in [3.8, 4) is 0 Å². The van der Waals surface area contributed by atoms with E-state index in [-0.39, 0.29) is 18.6 Å². The van der Waals surface area contributed by atoms with Crippen molar-refractivity contribution in [1.82, 2.24) is 10.6 Å². The molecule has 4 N–H and O–H groups in total. The van der Waals surface area contributed by atoms with E-state index in [1.807, 2.05) is 43.3 Å². The van der Waals surface area contributed by atoms with Gasteiger partial charge in [-0.25, -0.2) is 4.79 Å². The highest BCUT2D eigenvalue weighted by molar-refractivity contribution is 5.97. The summed E-state index contributed by atoms with van der Waals surface area (Å²) in [4.78, 5) is 24.6. The zero-order valence-electron chi connectivity index (χ0n) is 15.4. The first kappa shape index (κ1) is 18.9. The number of aliphatic hydroxyl groups is 1. The molecule has 0 aromatic heterocycles. The minimum atomic E-state index is -0.409. The third-order valence-corrected chi connectivity index (χ3v) is 4.54. The predicted octanol–water partition coefficient (Wildman–Crippen LogP) is 2.61. The number of carbonyl (C=O) groups is 2. The summed E-state index contributed by atoms with van der Waals surface area (Å²) in [6.45, 7) is 1.71. The SMILES string of the molecule is Cc1ccc(C(=O)NC2CC2)cc1NC(=O)NC(CO)Cc1ccccc1. The van der Waals surface area contributed by atoms with E-state index in [0.717, 1.165) is 24.0 Å². The monoisotopic (exact) mass is 367 g/mol. The maximum absolute atomic E-state index is 12.4. The fraction of sp³-hybridized carbons (Fsp3) is 0.333. The maximum Gasteiger partial charge on any atom is 0.319 e. The molecule has 0 saturated heterocycles. The van der Waals surface area contributed by atoms with Gasteiger partial charge in [0.05, 0.1) is 12.6 Å². The van der Waals surface area contributed by atoms with Crippen LogP contribution in [0.3, 0.4) is 0 Å². The number of hydrogen-bond acceptors (Lipinski definition) is 3. The summed E-state index contributed by atoms with van der Waals surface area (Å²) in [7, 11) is 0. The van der Waals surface area contributed by atoms with E-state index < -0.39 is 12.1 Å². The van der Waals surface area contributed by atoms with E-state index in [4.69, 9.17) is 0 Å². The van der Waals surface area contributed by atoms with E-state index in [1.165, 1.54) is 0 Å². The van der Waals surface area contributed by atoms with Gasteiger partial charge in [0.1, 0.15) is 0 Å². The molecule has 0 heterocycles. The Morgan fingerprint density at radius 1 is 1.15 bits per heavy atom. The zero-order chi connectivity index (χ0) is 19.2. The number of nitrogens with one attached hydrogen (secondary N) is 3. The summed E-state index contributed by atoms with van der Waals surface area (Å²) in [6, 6.07) is 14.4. The summed E-state index contributed by atoms with van der Waals surface area (Å²) < 4.78 is 0. The van der Waals surface area contributed by atoms with E-state index in [1.54, 1.807) is 12.1 Å². The topological polar surface area (TPSA) is 90.5 Å². The molecular formula is C21H25N3O3. The van der Waals surface area contributed by atoms with Crippen molar-refractivity contribution in [3.05, 3.63) is 65.2 Å². The van der Waals surface area contributed by atoms with Crippen molar-refractivity contribution in [3.63, 3.8) is 0 Å². The molecule has 6 heteroatoms. The Labute approximate surface area is 159 Å².